The van der Waals surface area contributed by atoms with Crippen LogP contribution in [-0.2, 0) is 36.4 Å². The van der Waals surface area contributed by atoms with E-state index in [4.69, 9.17) is 57.6 Å². The monoisotopic (exact) mass is 2060 g/mol. The number of rotatable bonds is 19. The zero-order valence-corrected chi connectivity index (χ0v) is 84.1. The first-order valence-electron chi connectivity index (χ1n) is 42.5. The zero-order valence-electron chi connectivity index (χ0n) is 75.6. The number of carbonyl (C=O) groups is 6. The van der Waals surface area contributed by atoms with E-state index in [0.29, 0.717) is 11.5 Å². The van der Waals surface area contributed by atoms with Gasteiger partial charge in [0.1, 0.15) is 16.8 Å². The molecular formula is C84H95BrF3N32NaO10S6. The maximum Gasteiger partial charge on any atom is 1.00 e. The van der Waals surface area contributed by atoms with Crippen LogP contribution in [0.3, 0.4) is 0 Å². The van der Waals surface area contributed by atoms with E-state index in [1.807, 2.05) is 149 Å². The van der Waals surface area contributed by atoms with Crippen molar-refractivity contribution in [3.63, 3.8) is 0 Å². The third kappa shape index (κ3) is 26.0. The van der Waals surface area contributed by atoms with Crippen LogP contribution >= 0.6 is 73.5 Å². The van der Waals surface area contributed by atoms with Crippen molar-refractivity contribution >= 4 is 188 Å². The van der Waals surface area contributed by atoms with E-state index in [2.05, 4.69) is 173 Å². The molecule has 53 heteroatoms. The average Bonchev–Trinajstić information content (AvgIpc) is 1.70. The van der Waals surface area contributed by atoms with Gasteiger partial charge in [0.25, 0.3) is 0 Å². The van der Waals surface area contributed by atoms with Crippen LogP contribution in [0.4, 0.5) is 40.6 Å². The zero-order chi connectivity index (χ0) is 97.0. The first kappa shape index (κ1) is 105. The van der Waals surface area contributed by atoms with E-state index in [1.54, 1.807) is 76.1 Å². The minimum absolute atomic E-state index is 0. The summed E-state index contributed by atoms with van der Waals surface area (Å²) in [5, 5.41) is 58.2. The van der Waals surface area contributed by atoms with Gasteiger partial charge in [-0.2, -0.15) is 18.7 Å². The molecule has 14 heterocycles. The molecule has 3 aromatic carbocycles. The van der Waals surface area contributed by atoms with Gasteiger partial charge in [-0.25, -0.2) is 39.5 Å². The molecule has 0 bridgehead atoms. The Balaban J connectivity index is 0.000000158. The molecule has 2 amide bonds. The van der Waals surface area contributed by atoms with Gasteiger partial charge in [-0.15, -0.1) is 38.9 Å². The van der Waals surface area contributed by atoms with E-state index < -0.39 is 29.8 Å². The summed E-state index contributed by atoms with van der Waals surface area (Å²) in [7, 11) is 0. The fourth-order valence-corrected chi connectivity index (χ4v) is 23.1. The summed E-state index contributed by atoms with van der Waals surface area (Å²) in [5.41, 5.74) is 16.5. The molecule has 5 aliphatic heterocycles. The van der Waals surface area contributed by atoms with Crippen molar-refractivity contribution in [1.82, 2.24) is 53.7 Å². The smallest absolute Gasteiger partial charge is 0.775 e. The molecule has 5 atom stereocenters. The second-order valence-corrected chi connectivity index (χ2v) is 40.1. The second-order valence-electron chi connectivity index (χ2n) is 34.0. The standard InChI is InChI=1S/C29H33N5O4S2.C24H25N5O2S2.C20H29N5O2S.C9H5BrOS.C2HF3O.H3N17.Na/c1-18-24(32-27(36)38-28(2,3)4)29(17-37-18)8-11-33(12-9-29)26-31-14-22(25-30-10-13-34(25)26)40-21-7-5-6-20-19(15-35)16-39-23(20)21;1-15-21(25)24(14-31-15)5-8-28(9-6-24)23-27-11-19(22-26-7-10-29(22)23)33-18-4-2-3-17-16(12-30)13-32-20(17)18;1-19(2,3)27-18(26)23-15-5-4-6-20(15)7-10-24(11-8-20)17-22-13-14(28)16-21-9-12-25(16)17;10-8-3-1-2-7-6(4-11)5-12-9(7)8;3-2(4,5)1-6;1-3-5-7-9-11-13-15-17-16-14-12-10-8-6-4-2;/h5-7,10,13-16,18,24H,8-9,11-12,17H2,1-4H3,(H,32,36);2-4,7,10-13,15,21H,5-6,8-9,14,25H2,1H3;9,12-13,15,28H,4-8,10-11H2,1-3H3,(H,23,26);1-5H;1H;(H3,1,2,5,6,9,10,13,14,17);/q;;;;;;+1/p-1/t18-,24+;15-,21+;15-;;;;/m001..../s1. The number of nitrogens with two attached hydrogens (primary N) is 2. The SMILES string of the molecule is CC(C)(C)OC(=O)N[C@@H]1CCCC12CCN(c1ncc([S-])c3nccn13)CC2.C[C@@H]1OCC2(CCN(c3ncc(Sc4cccc5c(C=O)csc45)c4nccn34)CC2)[C@@H]1N.C[C@@H]1OCC2(CCN(c3ncc(Sc4cccc5c(C=O)csc45)c4nccn34)CC2)[C@@H]1NC(=O)OC(C)(C)C.N=N/N=N/N=N/N=N/N=N/N=N/N=N/N=N/N.O=CC(F)(F)F.O=Cc1csc2c(Br)cccc12.[Na+]. The first-order chi connectivity index (χ1) is 65.3. The van der Waals surface area contributed by atoms with E-state index in [-0.39, 0.29) is 82.2 Å². The molecule has 3 spiro atoms. The molecule has 5 saturated heterocycles. The summed E-state index contributed by atoms with van der Waals surface area (Å²) in [4.78, 5) is 107. The molecule has 716 valence electrons. The molecule has 0 unspecified atom stereocenters. The molecule has 6 fully saturated rings. The Morgan fingerprint density at radius 3 is 1.36 bits per heavy atom. The summed E-state index contributed by atoms with van der Waals surface area (Å²) < 4.78 is 64.7. The fraction of sp³-hybridized carbons (Fsp3) is 0.429. The van der Waals surface area contributed by atoms with Crippen molar-refractivity contribution in [3.8, 4) is 0 Å². The number of aromatic nitrogens is 9. The van der Waals surface area contributed by atoms with Crippen LogP contribution in [0.1, 0.15) is 144 Å². The number of halogens is 4. The van der Waals surface area contributed by atoms with Gasteiger partial charge in [0, 0.05) is 195 Å². The van der Waals surface area contributed by atoms with Crippen LogP contribution in [0.2, 0.25) is 0 Å². The van der Waals surface area contributed by atoms with E-state index in [9.17, 15) is 37.1 Å². The number of hydrogen-bond donors (Lipinski definition) is 5. The number of alkyl carbamates (subject to hydrolysis) is 2. The number of ether oxygens (including phenoxy) is 4. The minimum Gasteiger partial charge on any atom is -0.775 e. The third-order valence-electron chi connectivity index (χ3n) is 23.4. The van der Waals surface area contributed by atoms with Crippen LogP contribution in [-0.4, -0.2) is 181 Å². The largest absolute Gasteiger partial charge is 1.00 e. The number of hydrogen-bond acceptors (Lipinski definition) is 28. The van der Waals surface area contributed by atoms with Gasteiger partial charge in [-0.3, -0.25) is 32.4 Å². The van der Waals surface area contributed by atoms with Crippen molar-refractivity contribution in [2.75, 3.05) is 67.2 Å². The number of benzene rings is 3. The molecule has 1 saturated carbocycles. The number of carbonyl (C=O) groups excluding carboxylic acids is 6. The molecule has 0 radical (unpaired) electrons. The van der Waals surface area contributed by atoms with Crippen molar-refractivity contribution in [2.45, 2.75) is 185 Å². The molecule has 9 aromatic heterocycles. The molecule has 1 aliphatic carbocycles. The number of amides is 2. The van der Waals surface area contributed by atoms with Crippen LogP contribution in [0.15, 0.2) is 234 Å². The number of nitrogens with one attached hydrogen (secondary N) is 3. The summed E-state index contributed by atoms with van der Waals surface area (Å²) in [6, 6.07) is 18.2. The van der Waals surface area contributed by atoms with Gasteiger partial charge in [-0.05, 0) is 219 Å². The van der Waals surface area contributed by atoms with E-state index in [0.717, 1.165) is 228 Å². The molecular weight excluding hydrogens is 1970 g/mol. The Morgan fingerprint density at radius 1 is 0.540 bits per heavy atom. The number of imidazole rings is 3. The van der Waals surface area contributed by atoms with Crippen molar-refractivity contribution in [1.29, 1.82) is 5.53 Å². The molecule has 137 heavy (non-hydrogen) atoms. The molecule has 6 aliphatic rings. The topological polar surface area (TPSA) is 525 Å². The van der Waals surface area contributed by atoms with Crippen molar-refractivity contribution in [3.05, 3.63) is 148 Å². The van der Waals surface area contributed by atoms with Gasteiger partial charge in [0.15, 0.2) is 30.2 Å². The van der Waals surface area contributed by atoms with E-state index >= 15 is 0 Å². The van der Waals surface area contributed by atoms with Gasteiger partial charge in [0.2, 0.25) is 24.1 Å². The normalized spacial score (nSPS) is 19.1. The predicted octanol–water partition coefficient (Wildman–Crippen LogP) is 17.0. The van der Waals surface area contributed by atoms with E-state index in [1.165, 1.54) is 0 Å². The van der Waals surface area contributed by atoms with Crippen LogP contribution in [0.5, 0.6) is 0 Å². The summed E-state index contributed by atoms with van der Waals surface area (Å²) in [6.45, 7) is 22.0. The van der Waals surface area contributed by atoms with Gasteiger partial charge in [-0.1, -0.05) is 71.6 Å². The second kappa shape index (κ2) is 47.4. The number of alkyl halides is 3. The Bertz CT molecular complexity index is 6460. The number of fused-ring (bicyclic) bond motifs is 6. The molecule has 7 N–H and O–H groups in total. The first-order valence-corrected chi connectivity index (χ1v) is 47.9. The number of aldehydes is 4. The number of thiophene rings is 3. The average molecular weight is 2070 g/mol. The summed E-state index contributed by atoms with van der Waals surface area (Å²) in [6.07, 6.45) is 22.3. The van der Waals surface area contributed by atoms with Crippen molar-refractivity contribution in [2.24, 2.45) is 106 Å². The fourth-order valence-electron chi connectivity index (χ4n) is 17.0. The quantitative estimate of drug-likeness (QED) is 0.0125. The third-order valence-corrected chi connectivity index (χ3v) is 30.2. The molecule has 42 nitrogen and oxygen atoms in total. The predicted molar refractivity (Wildman–Crippen MR) is 508 cm³/mol. The minimum atomic E-state index is -4.64. The van der Waals surface area contributed by atoms with Gasteiger partial charge < -0.3 is 68.5 Å². The molecule has 18 rings (SSSR count). The summed E-state index contributed by atoms with van der Waals surface area (Å²) in [5.74, 6) is 7.25. The number of piperidine rings is 3. The van der Waals surface area contributed by atoms with Gasteiger partial charge >= 0.3 is 47.9 Å². The van der Waals surface area contributed by atoms with Gasteiger partial charge in [0.05, 0.1) is 41.3 Å². The maximum absolute atomic E-state index is 12.6. The Labute approximate surface area is 837 Å². The maximum atomic E-state index is 12.6. The number of anilines is 3. The van der Waals surface area contributed by atoms with Crippen LogP contribution < -0.4 is 66.5 Å². The Kier molecular flexibility index (Phi) is 36.2. The number of nitrogens with zero attached hydrogens (tertiary/aromatic N) is 27. The molecule has 12 aromatic rings. The van der Waals surface area contributed by atoms with Crippen LogP contribution in [0, 0.1) is 21.8 Å². The Morgan fingerprint density at radius 2 is 0.927 bits per heavy atom. The Hall–Kier alpha value is -11.3. The van der Waals surface area contributed by atoms with Crippen LogP contribution in [0.25, 0.3) is 47.2 Å². The van der Waals surface area contributed by atoms with Crippen molar-refractivity contribution < 1.29 is 90.4 Å². The summed E-state index contributed by atoms with van der Waals surface area (Å²) >= 11 is 16.8.